The first-order valence-corrected chi connectivity index (χ1v) is 28.6. The smallest absolute Gasteiger partial charge is 0.246 e. The second kappa shape index (κ2) is 26.3. The number of likely N-dealkylation sites (tertiary alicyclic amines) is 2. The molecule has 2 saturated heterocycles. The average Bonchev–Trinajstić information content (AvgIpc) is 4.16. The van der Waals surface area contributed by atoms with E-state index in [-0.39, 0.29) is 98.3 Å². The van der Waals surface area contributed by atoms with Gasteiger partial charge in [-0.1, -0.05) is 97.8 Å². The Morgan fingerprint density at radius 2 is 0.986 bits per heavy atom. The lowest BCUT2D eigenvalue weighted by atomic mass is 10.00. The molecule has 0 radical (unpaired) electrons. The first-order chi connectivity index (χ1) is 33.5. The molecule has 14 nitrogen and oxygen atoms in total. The number of aromatic nitrogens is 2. The number of benzene rings is 2. The molecule has 378 valence electrons. The largest absolute Gasteiger partial charge is 0.391 e. The van der Waals surface area contributed by atoms with Crippen molar-refractivity contribution in [1.29, 1.82) is 0 Å². The molecule has 2 aromatic carbocycles. The Balaban J connectivity index is 1.10. The lowest BCUT2D eigenvalue weighted by Crippen LogP contribution is -2.53. The summed E-state index contributed by atoms with van der Waals surface area (Å²) in [6.45, 7) is 11.9. The van der Waals surface area contributed by atoms with Crippen LogP contribution in [0.15, 0.2) is 59.6 Å². The second-order valence-electron chi connectivity index (χ2n) is 19.3. The summed E-state index contributed by atoms with van der Waals surface area (Å²) in [7, 11) is 2.49. The summed E-state index contributed by atoms with van der Waals surface area (Å²) in [4.78, 5) is 96.7. The minimum atomic E-state index is -1.04. The van der Waals surface area contributed by atoms with Crippen LogP contribution in [0.5, 0.6) is 0 Å². The zero-order chi connectivity index (χ0) is 50.5. The predicted molar refractivity (Wildman–Crippen MR) is 280 cm³/mol. The van der Waals surface area contributed by atoms with Crippen LogP contribution in [0.1, 0.15) is 102 Å². The van der Waals surface area contributed by atoms with Crippen LogP contribution in [0.25, 0.3) is 20.9 Å². The molecule has 2 fully saturated rings. The van der Waals surface area contributed by atoms with Gasteiger partial charge in [0.1, 0.15) is 12.1 Å². The molecule has 18 heteroatoms. The molecule has 4 heterocycles. The van der Waals surface area contributed by atoms with Crippen LogP contribution in [0.3, 0.4) is 0 Å². The monoisotopic (exact) mass is 1030 g/mol. The number of nitrogens with zero attached hydrogens (tertiary/aromatic N) is 4. The maximum atomic E-state index is 14.4. The van der Waals surface area contributed by atoms with Crippen molar-refractivity contribution in [3.8, 4) is 20.9 Å². The van der Waals surface area contributed by atoms with E-state index in [2.05, 4.69) is 20.6 Å². The molecule has 0 unspecified atom stereocenters. The molecule has 2 aliphatic heterocycles. The Morgan fingerprint density at radius 1 is 0.614 bits per heavy atom. The van der Waals surface area contributed by atoms with Gasteiger partial charge >= 0.3 is 0 Å². The summed E-state index contributed by atoms with van der Waals surface area (Å²) in [6.07, 6.45) is 1.24. The number of thiazole rings is 2. The standard InChI is InChI=1S/C52H68N6O8S4/c1-31(2)7-21-47(63)55-41(51(65)57-25-39(59)23-43(57)45(61)19-13-35-9-15-37(16-10-35)49-33(5)53-29-67-49)27-69-70-28-42(56-48(64)22-8-32(3)4)52(66)58-26-40(60)24-44(58)46(62)20-14-36-11-17-38(18-12-36)50-34(6)54-30-68-50/h9-12,15-18,29-32,39-44,59-60H,7-8,13-14,19-28H2,1-6H3,(H,55,63)(H,56,64)/t39-,40+,41-,42-,43+,44-/m1/s1. The van der Waals surface area contributed by atoms with E-state index in [1.54, 1.807) is 22.7 Å². The number of hydrogen-bond donors (Lipinski definition) is 4. The normalized spacial score (nSPS) is 18.9. The number of carbonyl (C=O) groups is 6. The van der Waals surface area contributed by atoms with Crippen molar-refractivity contribution < 1.29 is 39.0 Å². The molecule has 2 aromatic heterocycles. The Bertz CT molecular complexity index is 2240. The van der Waals surface area contributed by atoms with Gasteiger partial charge in [-0.05, 0) is 73.6 Å². The third-order valence-electron chi connectivity index (χ3n) is 12.8. The molecule has 4 amide bonds. The van der Waals surface area contributed by atoms with Gasteiger partial charge in [0, 0.05) is 63.1 Å². The number of ketones is 2. The van der Waals surface area contributed by atoms with Crippen molar-refractivity contribution in [3.05, 3.63) is 82.1 Å². The lowest BCUT2D eigenvalue weighted by Gasteiger charge is -2.29. The van der Waals surface area contributed by atoms with Crippen LogP contribution in [-0.4, -0.2) is 126 Å². The quantitative estimate of drug-likeness (QED) is 0.0380. The zero-order valence-corrected chi connectivity index (χ0v) is 44.3. The number of hydrogen-bond acceptors (Lipinski definition) is 14. The van der Waals surface area contributed by atoms with Crippen molar-refractivity contribution in [2.75, 3.05) is 24.6 Å². The molecule has 0 bridgehead atoms. The van der Waals surface area contributed by atoms with E-state index < -0.39 is 48.2 Å². The fourth-order valence-corrected chi connectivity index (χ4v) is 12.7. The molecule has 4 N–H and O–H groups in total. The fourth-order valence-electron chi connectivity index (χ4n) is 8.75. The minimum absolute atomic E-state index is 0.0472. The summed E-state index contributed by atoms with van der Waals surface area (Å²) >= 11 is 3.14. The fraction of sp³-hybridized carbons (Fsp3) is 0.538. The molecule has 0 spiro atoms. The van der Waals surface area contributed by atoms with Crippen LogP contribution >= 0.6 is 44.3 Å². The highest BCUT2D eigenvalue weighted by atomic mass is 33.1. The second-order valence-corrected chi connectivity index (χ2v) is 23.6. The highest BCUT2D eigenvalue weighted by Crippen LogP contribution is 2.31. The zero-order valence-electron chi connectivity index (χ0n) is 41.1. The van der Waals surface area contributed by atoms with Gasteiger partial charge in [0.25, 0.3) is 0 Å². The van der Waals surface area contributed by atoms with E-state index >= 15 is 0 Å². The number of amides is 4. The van der Waals surface area contributed by atoms with E-state index in [4.69, 9.17) is 0 Å². The van der Waals surface area contributed by atoms with Crippen molar-refractivity contribution in [2.24, 2.45) is 11.8 Å². The third-order valence-corrected chi connectivity index (χ3v) is 17.2. The Kier molecular flexibility index (Phi) is 20.6. The molecule has 0 aliphatic carbocycles. The van der Waals surface area contributed by atoms with Gasteiger partial charge < -0.3 is 30.6 Å². The number of aliphatic hydroxyl groups is 2. The van der Waals surface area contributed by atoms with Crippen molar-refractivity contribution in [3.63, 3.8) is 0 Å². The Morgan fingerprint density at radius 3 is 1.31 bits per heavy atom. The molecule has 6 rings (SSSR count). The van der Waals surface area contributed by atoms with Crippen LogP contribution in [0.4, 0.5) is 0 Å². The van der Waals surface area contributed by atoms with Gasteiger partial charge in [0.15, 0.2) is 11.6 Å². The van der Waals surface area contributed by atoms with E-state index in [1.807, 2.05) is 101 Å². The van der Waals surface area contributed by atoms with Crippen molar-refractivity contribution in [2.45, 2.75) is 142 Å². The Labute approximate surface area is 428 Å². The third kappa shape index (κ3) is 15.5. The minimum Gasteiger partial charge on any atom is -0.391 e. The van der Waals surface area contributed by atoms with Crippen molar-refractivity contribution in [1.82, 2.24) is 30.4 Å². The topological polar surface area (TPSA) is 199 Å². The van der Waals surface area contributed by atoms with Crippen LogP contribution in [0, 0.1) is 25.7 Å². The molecular weight excluding hydrogens is 965 g/mol. The first kappa shape index (κ1) is 54.9. The van der Waals surface area contributed by atoms with Gasteiger partial charge in [-0.25, -0.2) is 9.97 Å². The highest BCUT2D eigenvalue weighted by Gasteiger charge is 2.43. The maximum Gasteiger partial charge on any atom is 0.246 e. The van der Waals surface area contributed by atoms with Crippen LogP contribution in [0.2, 0.25) is 0 Å². The summed E-state index contributed by atoms with van der Waals surface area (Å²) < 4.78 is 0. The number of nitrogens with one attached hydrogen (secondary N) is 2. The van der Waals surface area contributed by atoms with Crippen LogP contribution in [-0.2, 0) is 41.6 Å². The molecule has 4 aromatic rings. The van der Waals surface area contributed by atoms with E-state index in [0.29, 0.717) is 25.7 Å². The molecule has 70 heavy (non-hydrogen) atoms. The van der Waals surface area contributed by atoms with Gasteiger partial charge in [0.05, 0.1) is 56.5 Å². The number of carbonyl (C=O) groups excluding carboxylic acids is 6. The van der Waals surface area contributed by atoms with Gasteiger partial charge in [0.2, 0.25) is 23.6 Å². The number of aliphatic hydroxyl groups excluding tert-OH is 2. The summed E-state index contributed by atoms with van der Waals surface area (Å²) in [5, 5.41) is 27.4. The Hall–Kier alpha value is -4.46. The molecule has 6 atom stereocenters. The van der Waals surface area contributed by atoms with Crippen molar-refractivity contribution >= 4 is 79.5 Å². The lowest BCUT2D eigenvalue weighted by molar-refractivity contribution is -0.140. The predicted octanol–water partition coefficient (Wildman–Crippen LogP) is 7.40. The van der Waals surface area contributed by atoms with Gasteiger partial charge in [-0.15, -0.1) is 22.7 Å². The summed E-state index contributed by atoms with van der Waals surface area (Å²) in [6, 6.07) is 12.2. The number of β-amino-alcohol motifs (C(OH)–C–C–N with tert-alkyl or cyclic N) is 2. The number of rotatable bonds is 25. The average molecular weight is 1030 g/mol. The maximum absolute atomic E-state index is 14.4. The molecular formula is C52H68N6O8S4. The molecule has 0 saturated carbocycles. The van der Waals surface area contributed by atoms with E-state index in [1.165, 1.54) is 31.4 Å². The van der Waals surface area contributed by atoms with E-state index in [9.17, 15) is 39.0 Å². The first-order valence-electron chi connectivity index (χ1n) is 24.3. The van der Waals surface area contributed by atoms with Gasteiger partial charge in [-0.3, -0.25) is 28.8 Å². The SMILES string of the molecule is Cc1ncsc1-c1ccc(CCC(=O)[C@H]2C[C@H](O)CN2C(=O)[C@@H](CSSC[C@@H](NC(=O)CCC(C)C)C(=O)N2C[C@H](O)C[C@H]2C(=O)CCc2ccc(-c3scnc3C)cc2)NC(=O)CCC(C)C)cc1. The number of aryl methyl sites for hydroxylation is 4. The van der Waals surface area contributed by atoms with Gasteiger partial charge in [-0.2, -0.15) is 0 Å². The molecule has 2 aliphatic rings. The summed E-state index contributed by atoms with van der Waals surface area (Å²) in [5.74, 6) is -1.26. The number of Topliss-reactive ketones (excluding diaryl/α,β-unsaturated/α-hetero) is 2. The van der Waals surface area contributed by atoms with E-state index in [0.717, 1.165) is 43.4 Å². The van der Waals surface area contributed by atoms with Crippen LogP contribution < -0.4 is 10.6 Å². The summed E-state index contributed by atoms with van der Waals surface area (Å²) in [5.41, 5.74) is 9.58. The highest BCUT2D eigenvalue weighted by molar-refractivity contribution is 8.76.